The van der Waals surface area contributed by atoms with Gasteiger partial charge in [-0.3, -0.25) is 9.69 Å². The van der Waals surface area contributed by atoms with Gasteiger partial charge >= 0.3 is 6.03 Å². The van der Waals surface area contributed by atoms with Gasteiger partial charge in [0.05, 0.1) is 0 Å². The van der Waals surface area contributed by atoms with E-state index in [0.29, 0.717) is 23.1 Å². The zero-order chi connectivity index (χ0) is 20.1. The minimum absolute atomic E-state index is 0.0147. The number of amides is 2. The highest BCUT2D eigenvalue weighted by atomic mass is 16.2. The second kappa shape index (κ2) is 9.02. The van der Waals surface area contributed by atoms with E-state index < -0.39 is 0 Å². The number of benzene rings is 2. The van der Waals surface area contributed by atoms with Gasteiger partial charge in [-0.15, -0.1) is 0 Å². The van der Waals surface area contributed by atoms with Crippen LogP contribution in [-0.4, -0.2) is 35.8 Å². The monoisotopic (exact) mass is 379 g/mol. The number of piperidine rings is 1. The topological polar surface area (TPSA) is 61.4 Å². The fraction of sp³-hybridized carbons (Fsp3) is 0.391. The molecule has 1 aliphatic heterocycles. The molecule has 148 valence electrons. The van der Waals surface area contributed by atoms with Gasteiger partial charge in [-0.25, -0.2) is 4.79 Å². The minimum Gasteiger partial charge on any atom is -0.335 e. The van der Waals surface area contributed by atoms with Crippen LogP contribution in [0.3, 0.4) is 0 Å². The molecule has 28 heavy (non-hydrogen) atoms. The molecule has 0 unspecified atom stereocenters. The number of nitrogens with one attached hydrogen (secondary N) is 2. The van der Waals surface area contributed by atoms with Gasteiger partial charge in [0.2, 0.25) is 0 Å². The van der Waals surface area contributed by atoms with Crippen molar-refractivity contribution in [3.63, 3.8) is 0 Å². The maximum absolute atomic E-state index is 12.5. The lowest BCUT2D eigenvalue weighted by molar-refractivity contribution is 0.0994. The van der Waals surface area contributed by atoms with Crippen LogP contribution in [0.1, 0.15) is 36.7 Å². The molecule has 1 fully saturated rings. The first-order chi connectivity index (χ1) is 13.4. The summed E-state index contributed by atoms with van der Waals surface area (Å²) in [7, 11) is 0. The number of carbonyl (C=O) groups excluding carboxylic acids is 2. The van der Waals surface area contributed by atoms with Crippen molar-refractivity contribution in [1.82, 2.24) is 10.2 Å². The van der Waals surface area contributed by atoms with Crippen molar-refractivity contribution in [2.45, 2.75) is 33.4 Å². The molecule has 0 radical (unpaired) electrons. The third-order valence-corrected chi connectivity index (χ3v) is 5.41. The van der Waals surface area contributed by atoms with E-state index >= 15 is 0 Å². The second-order valence-corrected chi connectivity index (χ2v) is 7.89. The smallest absolute Gasteiger partial charge is 0.319 e. The third kappa shape index (κ3) is 5.20. The van der Waals surface area contributed by atoms with Gasteiger partial charge < -0.3 is 10.6 Å². The molecular formula is C23H29N3O2. The number of hydrogen-bond acceptors (Lipinski definition) is 3. The average Bonchev–Trinajstić information content (AvgIpc) is 2.66. The third-order valence-electron chi connectivity index (χ3n) is 5.41. The summed E-state index contributed by atoms with van der Waals surface area (Å²) in [5, 5.41) is 6.02. The molecule has 0 bridgehead atoms. The summed E-state index contributed by atoms with van der Waals surface area (Å²) in [6.45, 7) is 8.77. The van der Waals surface area contributed by atoms with Gasteiger partial charge in [0.1, 0.15) is 0 Å². The number of ketones is 1. The summed E-state index contributed by atoms with van der Waals surface area (Å²) >= 11 is 0. The predicted octanol–water partition coefficient (Wildman–Crippen LogP) is 4.17. The van der Waals surface area contributed by atoms with Crippen molar-refractivity contribution in [3.8, 4) is 0 Å². The Morgan fingerprint density at radius 1 is 0.964 bits per heavy atom. The average molecular weight is 380 g/mol. The van der Waals surface area contributed by atoms with Gasteiger partial charge in [-0.05, 0) is 48.6 Å². The van der Waals surface area contributed by atoms with Gasteiger partial charge in [-0.1, -0.05) is 44.2 Å². The molecule has 0 aromatic heterocycles. The van der Waals surface area contributed by atoms with Crippen LogP contribution in [0, 0.1) is 11.8 Å². The van der Waals surface area contributed by atoms with Crippen molar-refractivity contribution in [2.75, 3.05) is 18.4 Å². The van der Waals surface area contributed by atoms with Gasteiger partial charge in [-0.2, -0.15) is 0 Å². The number of hydrogen-bond donors (Lipinski definition) is 2. The van der Waals surface area contributed by atoms with E-state index in [4.69, 9.17) is 0 Å². The van der Waals surface area contributed by atoms with Crippen molar-refractivity contribution < 1.29 is 9.59 Å². The quantitative estimate of drug-likeness (QED) is 0.767. The number of likely N-dealkylation sites (tertiary alicyclic amines) is 1. The first-order valence-corrected chi connectivity index (χ1v) is 9.87. The Balaban J connectivity index is 1.54. The summed E-state index contributed by atoms with van der Waals surface area (Å²) in [5.74, 6) is 0.734. The lowest BCUT2D eigenvalue weighted by atomic mass is 9.85. The Morgan fingerprint density at radius 2 is 1.57 bits per heavy atom. The molecule has 2 N–H and O–H groups in total. The van der Waals surface area contributed by atoms with E-state index in [1.807, 2.05) is 6.07 Å². The fourth-order valence-electron chi connectivity index (χ4n) is 4.04. The van der Waals surface area contributed by atoms with Crippen molar-refractivity contribution in [2.24, 2.45) is 11.8 Å². The molecule has 2 atom stereocenters. The van der Waals surface area contributed by atoms with Crippen LogP contribution in [0.25, 0.3) is 0 Å². The van der Waals surface area contributed by atoms with Gasteiger partial charge in [0, 0.05) is 36.9 Å². The molecule has 0 spiro atoms. The maximum Gasteiger partial charge on any atom is 0.319 e. The van der Waals surface area contributed by atoms with E-state index in [1.54, 1.807) is 24.3 Å². The number of rotatable bonds is 5. The molecule has 3 rings (SSSR count). The Morgan fingerprint density at radius 3 is 2.14 bits per heavy atom. The van der Waals surface area contributed by atoms with Crippen LogP contribution < -0.4 is 10.6 Å². The van der Waals surface area contributed by atoms with Gasteiger partial charge in [0.25, 0.3) is 0 Å². The minimum atomic E-state index is -0.198. The zero-order valence-corrected chi connectivity index (χ0v) is 16.8. The maximum atomic E-state index is 12.5. The SMILES string of the molecule is CC(=O)c1ccc(NC(=O)NC2[C@H](C)CN(Cc3ccccc3)C[C@H]2C)cc1. The van der Waals surface area contributed by atoms with Crippen LogP contribution >= 0.6 is 0 Å². The zero-order valence-electron chi connectivity index (χ0n) is 16.8. The summed E-state index contributed by atoms with van der Waals surface area (Å²) in [4.78, 5) is 26.3. The van der Waals surface area contributed by atoms with Crippen LogP contribution in [0.2, 0.25) is 0 Å². The number of nitrogens with zero attached hydrogens (tertiary/aromatic N) is 1. The Bertz CT molecular complexity index is 792. The van der Waals surface area contributed by atoms with E-state index in [1.165, 1.54) is 12.5 Å². The van der Waals surface area contributed by atoms with Crippen molar-refractivity contribution in [1.29, 1.82) is 0 Å². The lowest BCUT2D eigenvalue weighted by Gasteiger charge is -2.41. The molecule has 2 amide bonds. The predicted molar refractivity (Wildman–Crippen MR) is 112 cm³/mol. The summed E-state index contributed by atoms with van der Waals surface area (Å²) in [6, 6.07) is 17.4. The number of anilines is 1. The van der Waals surface area contributed by atoms with E-state index in [9.17, 15) is 9.59 Å². The summed E-state index contributed by atoms with van der Waals surface area (Å²) in [5.41, 5.74) is 2.64. The molecule has 2 aromatic rings. The number of Topliss-reactive ketones (excluding diaryl/α,β-unsaturated/α-hetero) is 1. The normalized spacial score (nSPS) is 20.5. The summed E-state index contributed by atoms with van der Waals surface area (Å²) < 4.78 is 0. The van der Waals surface area contributed by atoms with E-state index in [-0.39, 0.29) is 17.9 Å². The van der Waals surface area contributed by atoms with Crippen LogP contribution in [0.5, 0.6) is 0 Å². The Labute approximate surface area is 167 Å². The summed E-state index contributed by atoms with van der Waals surface area (Å²) in [6.07, 6.45) is 0. The molecule has 0 saturated carbocycles. The first-order valence-electron chi connectivity index (χ1n) is 9.87. The molecule has 1 heterocycles. The lowest BCUT2D eigenvalue weighted by Crippen LogP contribution is -2.55. The highest BCUT2D eigenvalue weighted by Crippen LogP contribution is 2.24. The van der Waals surface area contributed by atoms with Crippen molar-refractivity contribution in [3.05, 3.63) is 65.7 Å². The van der Waals surface area contributed by atoms with Crippen LogP contribution in [-0.2, 0) is 6.54 Å². The molecule has 2 aromatic carbocycles. The Hall–Kier alpha value is -2.66. The highest BCUT2D eigenvalue weighted by Gasteiger charge is 2.32. The van der Waals surface area contributed by atoms with Gasteiger partial charge in [0.15, 0.2) is 5.78 Å². The second-order valence-electron chi connectivity index (χ2n) is 7.89. The molecule has 5 nitrogen and oxygen atoms in total. The highest BCUT2D eigenvalue weighted by molar-refractivity contribution is 5.95. The van der Waals surface area contributed by atoms with Crippen LogP contribution in [0.4, 0.5) is 10.5 Å². The standard InChI is InChI=1S/C23H29N3O2/c1-16-13-26(15-19-7-5-4-6-8-19)14-17(2)22(16)25-23(28)24-21-11-9-20(10-12-21)18(3)27/h4-12,16-17,22H,13-15H2,1-3H3,(H2,24,25,28)/t16-,17-/m1/s1. The van der Waals surface area contributed by atoms with Crippen LogP contribution in [0.15, 0.2) is 54.6 Å². The van der Waals surface area contributed by atoms with Crippen molar-refractivity contribution >= 4 is 17.5 Å². The largest absolute Gasteiger partial charge is 0.335 e. The fourth-order valence-corrected chi connectivity index (χ4v) is 4.04. The molecule has 5 heteroatoms. The van der Waals surface area contributed by atoms with E-state index in [0.717, 1.165) is 19.6 Å². The molecule has 1 saturated heterocycles. The number of urea groups is 1. The first kappa shape index (κ1) is 20.1. The van der Waals surface area contributed by atoms with E-state index in [2.05, 4.69) is 53.6 Å². The molecule has 0 aliphatic carbocycles. The molecular weight excluding hydrogens is 350 g/mol. The molecule has 1 aliphatic rings. The number of carbonyl (C=O) groups is 2. The Kier molecular flexibility index (Phi) is 6.47.